The summed E-state index contributed by atoms with van der Waals surface area (Å²) in [6, 6.07) is 12.7. The van der Waals surface area contributed by atoms with E-state index in [1.165, 1.54) is 29.9 Å². The molecule has 0 radical (unpaired) electrons. The first-order valence-corrected chi connectivity index (χ1v) is 8.30. The molecular formula is C17H13N3O5S. The monoisotopic (exact) mass is 371 g/mol. The minimum Gasteiger partial charge on any atom is -0.468 e. The van der Waals surface area contributed by atoms with Gasteiger partial charge < -0.3 is 9.30 Å². The van der Waals surface area contributed by atoms with Gasteiger partial charge in [-0.05, 0) is 18.2 Å². The zero-order chi connectivity index (χ0) is 18.7. The number of ether oxygens (including phenoxy) is 1. The number of rotatable bonds is 4. The van der Waals surface area contributed by atoms with Crippen LogP contribution in [0.25, 0.3) is 10.2 Å². The van der Waals surface area contributed by atoms with Crippen molar-refractivity contribution in [1.29, 1.82) is 0 Å². The summed E-state index contributed by atoms with van der Waals surface area (Å²) < 4.78 is 6.74. The number of aromatic nitrogens is 1. The lowest BCUT2D eigenvalue weighted by atomic mass is 10.2. The number of carbonyl (C=O) groups excluding carboxylic acids is 2. The highest BCUT2D eigenvalue weighted by Crippen LogP contribution is 2.23. The molecule has 1 aromatic heterocycles. The number of nitro groups is 1. The molecule has 0 saturated carbocycles. The highest BCUT2D eigenvalue weighted by Gasteiger charge is 2.15. The van der Waals surface area contributed by atoms with E-state index in [1.807, 2.05) is 0 Å². The molecule has 0 aliphatic carbocycles. The standard InChI is InChI=1S/C17H13N3O5S/c1-25-15(21)10-19-13-8-7-12(20(23)24)9-14(13)26-17(19)18-16(22)11-5-3-2-4-6-11/h2-9H,10H2,1H3. The lowest BCUT2D eigenvalue weighted by molar-refractivity contribution is -0.384. The van der Waals surface area contributed by atoms with Gasteiger partial charge in [-0.15, -0.1) is 0 Å². The van der Waals surface area contributed by atoms with E-state index in [-0.39, 0.29) is 17.0 Å². The predicted molar refractivity (Wildman–Crippen MR) is 94.8 cm³/mol. The fourth-order valence-electron chi connectivity index (χ4n) is 2.34. The van der Waals surface area contributed by atoms with Crippen molar-refractivity contribution < 1.29 is 19.2 Å². The van der Waals surface area contributed by atoms with Crippen LogP contribution in [0, 0.1) is 10.1 Å². The number of nitrogens with zero attached hydrogens (tertiary/aromatic N) is 3. The van der Waals surface area contributed by atoms with Crippen LogP contribution in [0.15, 0.2) is 53.5 Å². The van der Waals surface area contributed by atoms with E-state index in [9.17, 15) is 19.7 Å². The Morgan fingerprint density at radius 2 is 1.96 bits per heavy atom. The fourth-order valence-corrected chi connectivity index (χ4v) is 3.40. The van der Waals surface area contributed by atoms with E-state index >= 15 is 0 Å². The number of hydrogen-bond donors (Lipinski definition) is 0. The maximum absolute atomic E-state index is 12.4. The summed E-state index contributed by atoms with van der Waals surface area (Å²) in [5.41, 5.74) is 0.885. The third-order valence-corrected chi connectivity index (χ3v) is 4.65. The van der Waals surface area contributed by atoms with Crippen molar-refractivity contribution in [2.75, 3.05) is 7.11 Å². The summed E-state index contributed by atoms with van der Waals surface area (Å²) in [5, 5.41) is 11.0. The molecule has 9 heteroatoms. The topological polar surface area (TPSA) is 104 Å². The number of fused-ring (bicyclic) bond motifs is 1. The molecule has 3 aromatic rings. The van der Waals surface area contributed by atoms with Gasteiger partial charge in [-0.25, -0.2) is 0 Å². The Labute approximate surface area is 151 Å². The molecule has 0 saturated heterocycles. The second kappa shape index (κ2) is 7.28. The first-order chi connectivity index (χ1) is 12.5. The Balaban J connectivity index is 2.17. The summed E-state index contributed by atoms with van der Waals surface area (Å²) in [6.45, 7) is -0.158. The van der Waals surface area contributed by atoms with Gasteiger partial charge in [0, 0.05) is 17.7 Å². The minimum absolute atomic E-state index is 0.0788. The van der Waals surface area contributed by atoms with Gasteiger partial charge in [0.15, 0.2) is 4.80 Å². The largest absolute Gasteiger partial charge is 0.468 e. The van der Waals surface area contributed by atoms with Crippen LogP contribution in [-0.2, 0) is 16.1 Å². The number of thiazole rings is 1. The van der Waals surface area contributed by atoms with Gasteiger partial charge in [0.25, 0.3) is 11.6 Å². The van der Waals surface area contributed by atoms with Crippen LogP contribution < -0.4 is 4.80 Å². The highest BCUT2D eigenvalue weighted by molar-refractivity contribution is 7.16. The molecule has 1 heterocycles. The molecule has 0 spiro atoms. The quantitative estimate of drug-likeness (QED) is 0.398. The van der Waals surface area contributed by atoms with Crippen molar-refractivity contribution >= 4 is 39.1 Å². The van der Waals surface area contributed by atoms with Crippen molar-refractivity contribution in [3.63, 3.8) is 0 Å². The van der Waals surface area contributed by atoms with Crippen LogP contribution in [0.5, 0.6) is 0 Å². The maximum atomic E-state index is 12.4. The summed E-state index contributed by atoms with van der Waals surface area (Å²) in [4.78, 5) is 38.9. The molecule has 26 heavy (non-hydrogen) atoms. The van der Waals surface area contributed by atoms with Gasteiger partial charge in [0.1, 0.15) is 6.54 Å². The van der Waals surface area contributed by atoms with Crippen LogP contribution >= 0.6 is 11.3 Å². The van der Waals surface area contributed by atoms with Crippen molar-refractivity contribution in [1.82, 2.24) is 4.57 Å². The van der Waals surface area contributed by atoms with Gasteiger partial charge in [-0.1, -0.05) is 29.5 Å². The number of esters is 1. The molecule has 0 bridgehead atoms. The van der Waals surface area contributed by atoms with E-state index in [2.05, 4.69) is 9.73 Å². The molecular weight excluding hydrogens is 358 g/mol. The lowest BCUT2D eigenvalue weighted by Gasteiger charge is -2.03. The zero-order valence-electron chi connectivity index (χ0n) is 13.6. The molecule has 2 aromatic carbocycles. The second-order valence-electron chi connectivity index (χ2n) is 5.24. The Kier molecular flexibility index (Phi) is 4.90. The summed E-state index contributed by atoms with van der Waals surface area (Å²) in [7, 11) is 1.26. The molecule has 0 N–H and O–H groups in total. The van der Waals surface area contributed by atoms with E-state index in [1.54, 1.807) is 30.3 Å². The lowest BCUT2D eigenvalue weighted by Crippen LogP contribution is -2.22. The van der Waals surface area contributed by atoms with Crippen LogP contribution in [0.2, 0.25) is 0 Å². The Bertz CT molecular complexity index is 1070. The Hall–Kier alpha value is -3.33. The molecule has 0 atom stereocenters. The fraction of sp³-hybridized carbons (Fsp3) is 0.118. The number of hydrogen-bond acceptors (Lipinski definition) is 6. The van der Waals surface area contributed by atoms with Crippen LogP contribution in [-0.4, -0.2) is 28.5 Å². The highest BCUT2D eigenvalue weighted by atomic mass is 32.1. The second-order valence-corrected chi connectivity index (χ2v) is 6.25. The minimum atomic E-state index is -0.517. The van der Waals surface area contributed by atoms with E-state index < -0.39 is 16.8 Å². The SMILES string of the molecule is COC(=O)Cn1c(=NC(=O)c2ccccc2)sc2cc([N+](=O)[O-])ccc21. The number of methoxy groups -OCH3 is 1. The van der Waals surface area contributed by atoms with Crippen molar-refractivity contribution in [2.24, 2.45) is 4.99 Å². The molecule has 0 aliphatic heterocycles. The van der Waals surface area contributed by atoms with Crippen molar-refractivity contribution in [2.45, 2.75) is 6.54 Å². The Morgan fingerprint density at radius 3 is 2.62 bits per heavy atom. The van der Waals surface area contributed by atoms with Crippen LogP contribution in [0.3, 0.4) is 0 Å². The average molecular weight is 371 g/mol. The summed E-state index contributed by atoms with van der Waals surface area (Å²) >= 11 is 1.09. The molecule has 0 aliphatic rings. The number of benzene rings is 2. The third kappa shape index (κ3) is 3.52. The predicted octanol–water partition coefficient (Wildman–Crippen LogP) is 2.53. The Morgan fingerprint density at radius 1 is 1.23 bits per heavy atom. The van der Waals surface area contributed by atoms with Gasteiger partial charge in [-0.3, -0.25) is 19.7 Å². The van der Waals surface area contributed by atoms with Crippen molar-refractivity contribution in [3.05, 3.63) is 69.0 Å². The smallest absolute Gasteiger partial charge is 0.325 e. The number of nitro benzene ring substituents is 1. The first-order valence-electron chi connectivity index (χ1n) is 7.48. The summed E-state index contributed by atoms with van der Waals surface area (Å²) in [6.07, 6.45) is 0. The van der Waals surface area contributed by atoms with E-state index in [0.717, 1.165) is 11.3 Å². The molecule has 1 amide bonds. The van der Waals surface area contributed by atoms with Gasteiger partial charge in [-0.2, -0.15) is 4.99 Å². The van der Waals surface area contributed by atoms with Gasteiger partial charge in [0.2, 0.25) is 0 Å². The summed E-state index contributed by atoms with van der Waals surface area (Å²) in [5.74, 6) is -0.984. The maximum Gasteiger partial charge on any atom is 0.325 e. The molecule has 132 valence electrons. The number of non-ortho nitro benzene ring substituents is 1. The zero-order valence-corrected chi connectivity index (χ0v) is 14.4. The molecule has 3 rings (SSSR count). The molecule has 0 fully saturated rings. The van der Waals surface area contributed by atoms with E-state index in [0.29, 0.717) is 15.8 Å². The number of carbonyl (C=O) groups is 2. The first kappa shape index (κ1) is 17.5. The third-order valence-electron chi connectivity index (χ3n) is 3.61. The van der Waals surface area contributed by atoms with Gasteiger partial charge >= 0.3 is 5.97 Å². The van der Waals surface area contributed by atoms with Crippen molar-refractivity contribution in [3.8, 4) is 0 Å². The van der Waals surface area contributed by atoms with Crippen LogP contribution in [0.1, 0.15) is 10.4 Å². The van der Waals surface area contributed by atoms with Gasteiger partial charge in [0.05, 0.1) is 22.2 Å². The molecule has 8 nitrogen and oxygen atoms in total. The van der Waals surface area contributed by atoms with E-state index in [4.69, 9.17) is 0 Å². The average Bonchev–Trinajstić information content (AvgIpc) is 2.98. The number of amides is 1. The normalized spacial score (nSPS) is 11.5. The molecule has 0 unspecified atom stereocenters. The van der Waals surface area contributed by atoms with Crippen LogP contribution in [0.4, 0.5) is 5.69 Å².